The number of rotatable bonds is 6. The first-order valence-electron chi connectivity index (χ1n) is 8.72. The molecule has 0 radical (unpaired) electrons. The van der Waals surface area contributed by atoms with E-state index in [4.69, 9.17) is 14.2 Å². The average molecular weight is 386 g/mol. The van der Waals surface area contributed by atoms with Gasteiger partial charge in [-0.1, -0.05) is 0 Å². The fourth-order valence-corrected chi connectivity index (χ4v) is 2.54. The van der Waals surface area contributed by atoms with Crippen molar-refractivity contribution in [2.24, 2.45) is 0 Å². The molecule has 0 aromatic heterocycles. The molecule has 0 fully saturated rings. The van der Waals surface area contributed by atoms with E-state index in [1.165, 1.54) is 21.3 Å². The third kappa shape index (κ3) is 5.16. The van der Waals surface area contributed by atoms with Gasteiger partial charge < -0.3 is 24.8 Å². The highest BCUT2D eigenvalue weighted by Crippen LogP contribution is 2.40. The van der Waals surface area contributed by atoms with Gasteiger partial charge in [0.1, 0.15) is 0 Å². The maximum Gasteiger partial charge on any atom is 0.255 e. The van der Waals surface area contributed by atoms with Crippen LogP contribution in [0.15, 0.2) is 36.4 Å². The van der Waals surface area contributed by atoms with Crippen molar-refractivity contribution in [3.05, 3.63) is 47.5 Å². The number of hydrogen-bond acceptors (Lipinski definition) is 5. The van der Waals surface area contributed by atoms with Gasteiger partial charge in [-0.3, -0.25) is 9.59 Å². The second kappa shape index (κ2) is 8.65. The number of benzene rings is 2. The molecule has 0 atom stereocenters. The zero-order chi connectivity index (χ0) is 20.9. The fourth-order valence-electron chi connectivity index (χ4n) is 2.54. The molecule has 7 heteroatoms. The molecule has 0 heterocycles. The van der Waals surface area contributed by atoms with Gasteiger partial charge in [0.2, 0.25) is 5.75 Å². The maximum atomic E-state index is 12.6. The van der Waals surface area contributed by atoms with Crippen molar-refractivity contribution in [3.63, 3.8) is 0 Å². The van der Waals surface area contributed by atoms with E-state index in [0.29, 0.717) is 34.1 Å². The summed E-state index contributed by atoms with van der Waals surface area (Å²) in [4.78, 5) is 24.7. The summed E-state index contributed by atoms with van der Waals surface area (Å²) in [6.07, 6.45) is 0. The molecular weight excluding hydrogens is 360 g/mol. The van der Waals surface area contributed by atoms with Gasteiger partial charge in [0.05, 0.1) is 21.3 Å². The predicted molar refractivity (Wildman–Crippen MR) is 108 cm³/mol. The summed E-state index contributed by atoms with van der Waals surface area (Å²) in [6, 6.07) is 9.72. The topological polar surface area (TPSA) is 85.9 Å². The molecule has 28 heavy (non-hydrogen) atoms. The first-order chi connectivity index (χ1) is 13.2. The van der Waals surface area contributed by atoms with Crippen molar-refractivity contribution in [2.75, 3.05) is 26.6 Å². The number of hydrogen-bond donors (Lipinski definition) is 2. The van der Waals surface area contributed by atoms with Gasteiger partial charge in [-0.05, 0) is 45.0 Å². The first-order valence-corrected chi connectivity index (χ1v) is 8.72. The normalized spacial score (nSPS) is 10.8. The van der Waals surface area contributed by atoms with Crippen LogP contribution in [0.4, 0.5) is 5.69 Å². The summed E-state index contributed by atoms with van der Waals surface area (Å²) >= 11 is 0. The van der Waals surface area contributed by atoms with Crippen LogP contribution in [0.3, 0.4) is 0 Å². The number of anilines is 1. The molecule has 7 nitrogen and oxygen atoms in total. The Morgan fingerprint density at radius 2 is 1.25 bits per heavy atom. The van der Waals surface area contributed by atoms with E-state index in [-0.39, 0.29) is 17.4 Å². The predicted octanol–water partition coefficient (Wildman–Crippen LogP) is 3.49. The summed E-state index contributed by atoms with van der Waals surface area (Å²) in [7, 11) is 4.52. The van der Waals surface area contributed by atoms with Gasteiger partial charge in [0.15, 0.2) is 11.5 Å². The third-order valence-electron chi connectivity index (χ3n) is 3.82. The molecule has 0 unspecified atom stereocenters. The molecule has 0 aliphatic heterocycles. The number of nitrogens with one attached hydrogen (secondary N) is 2. The second-order valence-electron chi connectivity index (χ2n) is 7.15. The van der Waals surface area contributed by atoms with Crippen LogP contribution in [0.25, 0.3) is 0 Å². The van der Waals surface area contributed by atoms with Crippen LogP contribution in [-0.4, -0.2) is 38.7 Å². The Labute approximate surface area is 165 Å². The van der Waals surface area contributed by atoms with Gasteiger partial charge in [-0.15, -0.1) is 0 Å². The Hall–Kier alpha value is -3.22. The van der Waals surface area contributed by atoms with Crippen molar-refractivity contribution in [2.45, 2.75) is 26.3 Å². The van der Waals surface area contributed by atoms with E-state index < -0.39 is 0 Å². The zero-order valence-corrected chi connectivity index (χ0v) is 17.0. The summed E-state index contributed by atoms with van der Waals surface area (Å²) < 4.78 is 15.8. The molecular formula is C21H26N2O5. The van der Waals surface area contributed by atoms with Crippen molar-refractivity contribution < 1.29 is 23.8 Å². The molecule has 2 aromatic carbocycles. The Morgan fingerprint density at radius 3 is 1.64 bits per heavy atom. The number of amides is 2. The zero-order valence-electron chi connectivity index (χ0n) is 17.0. The van der Waals surface area contributed by atoms with Crippen molar-refractivity contribution in [1.82, 2.24) is 5.32 Å². The van der Waals surface area contributed by atoms with Crippen LogP contribution in [0.2, 0.25) is 0 Å². The minimum absolute atomic E-state index is 0.191. The minimum atomic E-state index is -0.334. The molecule has 2 N–H and O–H groups in total. The molecule has 0 spiro atoms. The molecule has 0 bridgehead atoms. The van der Waals surface area contributed by atoms with Gasteiger partial charge in [0.25, 0.3) is 11.8 Å². The highest BCUT2D eigenvalue weighted by Gasteiger charge is 2.17. The van der Waals surface area contributed by atoms with Crippen molar-refractivity contribution >= 4 is 17.5 Å². The Morgan fingerprint density at radius 1 is 0.786 bits per heavy atom. The first kappa shape index (κ1) is 21.1. The number of methoxy groups -OCH3 is 3. The molecule has 0 saturated heterocycles. The molecule has 2 amide bonds. The van der Waals surface area contributed by atoms with Crippen LogP contribution < -0.4 is 24.8 Å². The number of carbonyl (C=O) groups excluding carboxylic acids is 2. The minimum Gasteiger partial charge on any atom is -0.493 e. The van der Waals surface area contributed by atoms with Gasteiger partial charge >= 0.3 is 0 Å². The molecule has 0 aliphatic rings. The lowest BCUT2D eigenvalue weighted by atomic mass is 10.1. The van der Waals surface area contributed by atoms with E-state index >= 15 is 0 Å². The highest BCUT2D eigenvalue weighted by atomic mass is 16.5. The number of ether oxygens (including phenoxy) is 3. The Bertz CT molecular complexity index is 829. The van der Waals surface area contributed by atoms with E-state index in [1.54, 1.807) is 36.4 Å². The van der Waals surface area contributed by atoms with Gasteiger partial charge in [0, 0.05) is 34.5 Å². The Kier molecular flexibility index (Phi) is 6.51. The molecule has 0 aliphatic carbocycles. The maximum absolute atomic E-state index is 12.6. The van der Waals surface area contributed by atoms with Gasteiger partial charge in [-0.2, -0.15) is 0 Å². The monoisotopic (exact) mass is 386 g/mol. The average Bonchev–Trinajstić information content (AvgIpc) is 2.65. The summed E-state index contributed by atoms with van der Waals surface area (Å²) in [5, 5.41) is 5.67. The number of carbonyl (C=O) groups is 2. The molecule has 2 aromatic rings. The lowest BCUT2D eigenvalue weighted by Gasteiger charge is -2.20. The smallest absolute Gasteiger partial charge is 0.255 e. The van der Waals surface area contributed by atoms with Crippen molar-refractivity contribution in [1.29, 1.82) is 0 Å². The van der Waals surface area contributed by atoms with E-state index in [9.17, 15) is 9.59 Å². The molecule has 150 valence electrons. The highest BCUT2D eigenvalue weighted by molar-refractivity contribution is 6.05. The van der Waals surface area contributed by atoms with Crippen LogP contribution in [0, 0.1) is 0 Å². The summed E-state index contributed by atoms with van der Waals surface area (Å²) in [5.41, 5.74) is 1.06. The van der Waals surface area contributed by atoms with Crippen LogP contribution in [-0.2, 0) is 0 Å². The Balaban J connectivity index is 2.18. The lowest BCUT2D eigenvalue weighted by molar-refractivity contribution is 0.0918. The molecule has 0 saturated carbocycles. The van der Waals surface area contributed by atoms with Gasteiger partial charge in [-0.25, -0.2) is 0 Å². The quantitative estimate of drug-likeness (QED) is 0.794. The second-order valence-corrected chi connectivity index (χ2v) is 7.15. The van der Waals surface area contributed by atoms with Crippen LogP contribution in [0.1, 0.15) is 41.5 Å². The van der Waals surface area contributed by atoms with Crippen LogP contribution >= 0.6 is 0 Å². The summed E-state index contributed by atoms with van der Waals surface area (Å²) in [5.74, 6) is 0.802. The molecule has 2 rings (SSSR count). The largest absolute Gasteiger partial charge is 0.493 e. The van der Waals surface area contributed by atoms with E-state index in [1.807, 2.05) is 20.8 Å². The third-order valence-corrected chi connectivity index (χ3v) is 3.82. The lowest BCUT2D eigenvalue weighted by Crippen LogP contribution is -2.40. The van der Waals surface area contributed by atoms with E-state index in [2.05, 4.69) is 10.6 Å². The van der Waals surface area contributed by atoms with Crippen LogP contribution in [0.5, 0.6) is 17.2 Å². The fraction of sp³-hybridized carbons (Fsp3) is 0.333. The standard InChI is InChI=1S/C21H26N2O5/c1-21(2,3)23-20(25)14-9-7-13(8-10-14)19(24)22-15-11-16(26-4)18(28-6)17(12-15)27-5/h7-12H,1-6H3,(H,22,24)(H,23,25). The SMILES string of the molecule is COc1cc(NC(=O)c2ccc(C(=O)NC(C)(C)C)cc2)cc(OC)c1OC. The van der Waals surface area contributed by atoms with Crippen molar-refractivity contribution in [3.8, 4) is 17.2 Å². The summed E-state index contributed by atoms with van der Waals surface area (Å²) in [6.45, 7) is 5.72. The van der Waals surface area contributed by atoms with E-state index in [0.717, 1.165) is 0 Å².